The average Bonchev–Trinajstić information content (AvgIpc) is 3.26. The molecule has 3 heterocycles. The number of aromatic nitrogens is 2. The van der Waals surface area contributed by atoms with Gasteiger partial charge >= 0.3 is 0 Å². The monoisotopic (exact) mass is 362 g/mol. The molecule has 0 bridgehead atoms. The van der Waals surface area contributed by atoms with Gasteiger partial charge in [-0.05, 0) is 34.5 Å². The molecule has 0 radical (unpaired) electrons. The lowest BCUT2D eigenvalue weighted by Gasteiger charge is -2.05. The summed E-state index contributed by atoms with van der Waals surface area (Å²) in [5.74, 6) is 0.348. The molecule has 1 aromatic carbocycles. The second-order valence-electron chi connectivity index (χ2n) is 6.10. The predicted octanol–water partition coefficient (Wildman–Crippen LogP) is 3.80. The lowest BCUT2D eigenvalue weighted by molar-refractivity contribution is -0.115. The maximum absolute atomic E-state index is 11.5. The lowest BCUT2D eigenvalue weighted by Crippen LogP contribution is -2.13. The van der Waals surface area contributed by atoms with Crippen molar-refractivity contribution >= 4 is 50.1 Å². The van der Waals surface area contributed by atoms with Crippen LogP contribution in [-0.2, 0) is 11.8 Å². The van der Waals surface area contributed by atoms with E-state index in [1.165, 1.54) is 17.0 Å². The van der Waals surface area contributed by atoms with Crippen LogP contribution in [0.2, 0.25) is 0 Å². The zero-order chi connectivity index (χ0) is 18.3. The number of thiophene rings is 1. The minimum atomic E-state index is -0.152. The van der Waals surface area contributed by atoms with Gasteiger partial charge in [-0.1, -0.05) is 12.1 Å². The minimum absolute atomic E-state index is 0.152. The van der Waals surface area contributed by atoms with Crippen molar-refractivity contribution in [1.82, 2.24) is 14.9 Å². The number of fused-ring (bicyclic) bond motifs is 2. The summed E-state index contributed by atoms with van der Waals surface area (Å²) in [4.78, 5) is 15.8. The quantitative estimate of drug-likeness (QED) is 0.545. The highest BCUT2D eigenvalue weighted by molar-refractivity contribution is 7.18. The van der Waals surface area contributed by atoms with Gasteiger partial charge in [0.1, 0.15) is 5.82 Å². The van der Waals surface area contributed by atoms with E-state index in [9.17, 15) is 4.79 Å². The van der Waals surface area contributed by atoms with E-state index < -0.39 is 0 Å². The number of hydrogen-bond donors (Lipinski definition) is 2. The third-order valence-electron chi connectivity index (χ3n) is 4.51. The number of anilines is 1. The zero-order valence-corrected chi connectivity index (χ0v) is 15.3. The highest BCUT2D eigenvalue weighted by atomic mass is 32.1. The number of carbonyl (C=O) groups excluding carboxylic acids is 1. The molecule has 0 saturated carbocycles. The van der Waals surface area contributed by atoms with E-state index in [1.54, 1.807) is 30.7 Å². The molecular weight excluding hydrogens is 344 g/mol. The standard InChI is InChI=1S/C20H18N4OS/c1-22-17(25)6-5-14-10-23-20(21)18-15(11-26-19(14)18)13-4-3-12-7-8-24(2)16(12)9-13/h3-11H,1-2H3,(H2,21,23)(H,22,25). The van der Waals surface area contributed by atoms with Crippen LogP contribution in [0.4, 0.5) is 5.82 Å². The molecule has 3 N–H and O–H groups in total. The molecule has 26 heavy (non-hydrogen) atoms. The number of nitrogens with zero attached hydrogens (tertiary/aromatic N) is 2. The maximum atomic E-state index is 11.5. The summed E-state index contributed by atoms with van der Waals surface area (Å²) < 4.78 is 3.13. The van der Waals surface area contributed by atoms with Gasteiger partial charge in [0.2, 0.25) is 5.91 Å². The van der Waals surface area contributed by atoms with Gasteiger partial charge in [0.25, 0.3) is 0 Å². The fraction of sp³-hybridized carbons (Fsp3) is 0.100. The third kappa shape index (κ3) is 2.64. The molecular formula is C20H18N4OS. The molecule has 130 valence electrons. The highest BCUT2D eigenvalue weighted by Crippen LogP contribution is 2.39. The summed E-state index contributed by atoms with van der Waals surface area (Å²) in [6, 6.07) is 8.50. The van der Waals surface area contributed by atoms with E-state index in [-0.39, 0.29) is 5.91 Å². The number of aryl methyl sites for hydroxylation is 1. The third-order valence-corrected chi connectivity index (χ3v) is 5.54. The van der Waals surface area contributed by atoms with Crippen molar-refractivity contribution in [2.24, 2.45) is 7.05 Å². The molecule has 0 saturated heterocycles. The van der Waals surface area contributed by atoms with Crippen molar-refractivity contribution in [1.29, 1.82) is 0 Å². The van der Waals surface area contributed by atoms with Crippen LogP contribution in [0, 0.1) is 0 Å². The summed E-state index contributed by atoms with van der Waals surface area (Å²) in [6.45, 7) is 0. The Kier molecular flexibility index (Phi) is 3.97. The largest absolute Gasteiger partial charge is 0.383 e. The Morgan fingerprint density at radius 2 is 2.19 bits per heavy atom. The number of carbonyl (C=O) groups is 1. The Balaban J connectivity index is 1.89. The number of nitrogen functional groups attached to an aromatic ring is 1. The van der Waals surface area contributed by atoms with E-state index in [2.05, 4.69) is 50.7 Å². The summed E-state index contributed by atoms with van der Waals surface area (Å²) in [6.07, 6.45) is 7.03. The number of rotatable bonds is 3. The first-order valence-corrected chi connectivity index (χ1v) is 9.07. The smallest absolute Gasteiger partial charge is 0.243 e. The highest BCUT2D eigenvalue weighted by Gasteiger charge is 2.14. The second kappa shape index (κ2) is 6.31. The van der Waals surface area contributed by atoms with E-state index in [0.717, 1.165) is 26.8 Å². The molecule has 6 heteroatoms. The van der Waals surface area contributed by atoms with Crippen LogP contribution in [0.1, 0.15) is 5.56 Å². The van der Waals surface area contributed by atoms with Crippen LogP contribution < -0.4 is 11.1 Å². The van der Waals surface area contributed by atoms with Crippen molar-refractivity contribution in [3.05, 3.63) is 53.7 Å². The predicted molar refractivity (Wildman–Crippen MR) is 109 cm³/mol. The Hall–Kier alpha value is -3.12. The first-order valence-electron chi connectivity index (χ1n) is 8.19. The fourth-order valence-electron chi connectivity index (χ4n) is 3.10. The Labute approximate surface area is 154 Å². The van der Waals surface area contributed by atoms with Crippen molar-refractivity contribution < 1.29 is 4.79 Å². The maximum Gasteiger partial charge on any atom is 0.243 e. The molecule has 1 amide bonds. The molecule has 3 aromatic heterocycles. The first-order chi connectivity index (χ1) is 12.6. The van der Waals surface area contributed by atoms with Crippen molar-refractivity contribution in [3.63, 3.8) is 0 Å². The number of pyridine rings is 1. The van der Waals surface area contributed by atoms with Crippen LogP contribution in [0.5, 0.6) is 0 Å². The number of hydrogen-bond acceptors (Lipinski definition) is 4. The van der Waals surface area contributed by atoms with Gasteiger partial charge in [-0.3, -0.25) is 4.79 Å². The van der Waals surface area contributed by atoms with E-state index in [1.807, 2.05) is 7.05 Å². The number of benzene rings is 1. The zero-order valence-electron chi connectivity index (χ0n) is 14.5. The molecule has 0 spiro atoms. The number of likely N-dealkylation sites (N-methyl/N-ethyl adjacent to an activating group) is 1. The van der Waals surface area contributed by atoms with Gasteiger partial charge < -0.3 is 15.6 Å². The molecule has 0 aliphatic rings. The van der Waals surface area contributed by atoms with Gasteiger partial charge in [-0.25, -0.2) is 4.98 Å². The lowest BCUT2D eigenvalue weighted by atomic mass is 10.0. The van der Waals surface area contributed by atoms with Crippen LogP contribution in [0.3, 0.4) is 0 Å². The van der Waals surface area contributed by atoms with Crippen molar-refractivity contribution in [2.45, 2.75) is 0 Å². The summed E-state index contributed by atoms with van der Waals surface area (Å²) in [5, 5.41) is 6.81. The normalized spacial score (nSPS) is 11.6. The van der Waals surface area contributed by atoms with E-state index in [0.29, 0.717) is 5.82 Å². The van der Waals surface area contributed by atoms with Crippen LogP contribution in [0.25, 0.3) is 38.2 Å². The van der Waals surface area contributed by atoms with Crippen LogP contribution in [0.15, 0.2) is 48.1 Å². The van der Waals surface area contributed by atoms with Crippen molar-refractivity contribution in [2.75, 3.05) is 12.8 Å². The van der Waals surface area contributed by atoms with Crippen LogP contribution in [-0.4, -0.2) is 22.5 Å². The summed E-state index contributed by atoms with van der Waals surface area (Å²) >= 11 is 1.61. The first kappa shape index (κ1) is 16.4. The molecule has 5 nitrogen and oxygen atoms in total. The SMILES string of the molecule is CNC(=O)C=Cc1cnc(N)c2c(-c3ccc4ccn(C)c4c3)csc12. The van der Waals surface area contributed by atoms with Gasteiger partial charge in [-0.15, -0.1) is 11.3 Å². The fourth-order valence-corrected chi connectivity index (χ4v) is 4.18. The molecule has 0 fully saturated rings. The van der Waals surface area contributed by atoms with E-state index >= 15 is 0 Å². The number of amides is 1. The van der Waals surface area contributed by atoms with Crippen LogP contribution >= 0.6 is 11.3 Å². The molecule has 4 rings (SSSR count). The topological polar surface area (TPSA) is 72.9 Å². The Morgan fingerprint density at radius 1 is 1.35 bits per heavy atom. The van der Waals surface area contributed by atoms with Gasteiger partial charge in [0, 0.05) is 59.3 Å². The molecule has 0 unspecified atom stereocenters. The summed E-state index contributed by atoms with van der Waals surface area (Å²) in [5.41, 5.74) is 10.4. The number of nitrogens with two attached hydrogens (primary N) is 1. The molecule has 4 aromatic rings. The van der Waals surface area contributed by atoms with Gasteiger partial charge in [0.05, 0.1) is 0 Å². The van der Waals surface area contributed by atoms with Crippen molar-refractivity contribution in [3.8, 4) is 11.1 Å². The van der Waals surface area contributed by atoms with Gasteiger partial charge in [-0.2, -0.15) is 0 Å². The Bertz CT molecular complexity index is 1170. The molecule has 0 atom stereocenters. The molecule has 0 aliphatic heterocycles. The van der Waals surface area contributed by atoms with Gasteiger partial charge in [0.15, 0.2) is 0 Å². The second-order valence-corrected chi connectivity index (χ2v) is 6.98. The molecule has 0 aliphatic carbocycles. The number of nitrogens with one attached hydrogen (secondary N) is 1. The average molecular weight is 362 g/mol. The summed E-state index contributed by atoms with van der Waals surface area (Å²) in [7, 11) is 3.64. The Morgan fingerprint density at radius 3 is 3.00 bits per heavy atom. The minimum Gasteiger partial charge on any atom is -0.383 e. The van der Waals surface area contributed by atoms with E-state index in [4.69, 9.17) is 5.73 Å².